The Morgan fingerprint density at radius 3 is 1.94 bits per heavy atom. The van der Waals surface area contributed by atoms with Crippen LogP contribution in [0.25, 0.3) is 6.08 Å². The summed E-state index contributed by atoms with van der Waals surface area (Å²) < 4.78 is 0. The van der Waals surface area contributed by atoms with Crippen LogP contribution in [0.15, 0.2) is 96.7 Å². The number of benzene rings is 3. The second-order valence-electron chi connectivity index (χ2n) is 8.91. The number of hydrazine groups is 1. The number of hydrogen-bond acceptors (Lipinski definition) is 2. The highest BCUT2D eigenvalue weighted by Crippen LogP contribution is 2.32. The molecular formula is C31H36N2. The van der Waals surface area contributed by atoms with Crippen LogP contribution in [0.4, 0.5) is 5.69 Å². The van der Waals surface area contributed by atoms with Crippen LogP contribution in [0.3, 0.4) is 0 Å². The van der Waals surface area contributed by atoms with E-state index in [1.807, 2.05) is 0 Å². The van der Waals surface area contributed by atoms with E-state index in [-0.39, 0.29) is 6.04 Å². The minimum atomic E-state index is 0.156. The van der Waals surface area contributed by atoms with Gasteiger partial charge in [-0.1, -0.05) is 99.5 Å². The second-order valence-corrected chi connectivity index (χ2v) is 8.91. The van der Waals surface area contributed by atoms with E-state index in [1.165, 1.54) is 47.9 Å². The molecule has 1 aliphatic heterocycles. The third kappa shape index (κ3) is 6.16. The molecule has 0 radical (unpaired) electrons. The fraction of sp³-hybridized carbons (Fsp3) is 0.290. The van der Waals surface area contributed by atoms with Gasteiger partial charge in [0.05, 0.1) is 17.4 Å². The van der Waals surface area contributed by atoms with Crippen LogP contribution in [0.5, 0.6) is 0 Å². The fourth-order valence-corrected chi connectivity index (χ4v) is 4.27. The summed E-state index contributed by atoms with van der Waals surface area (Å²) in [6.07, 6.45) is 14.0. The molecule has 33 heavy (non-hydrogen) atoms. The largest absolute Gasteiger partial charge is 0.298 e. The minimum absolute atomic E-state index is 0.156. The van der Waals surface area contributed by atoms with Crippen molar-refractivity contribution in [1.29, 1.82) is 0 Å². The first-order chi connectivity index (χ1) is 16.3. The number of para-hydroxylation sites is 1. The molecule has 0 saturated carbocycles. The second kappa shape index (κ2) is 11.6. The fourth-order valence-electron chi connectivity index (χ4n) is 4.27. The number of allylic oxidation sites excluding steroid dienone is 1. The third-order valence-corrected chi connectivity index (χ3v) is 6.29. The molecule has 1 atom stereocenters. The zero-order chi connectivity index (χ0) is 22.9. The molecule has 2 nitrogen and oxygen atoms in total. The Hall–Kier alpha value is -3.26. The predicted molar refractivity (Wildman–Crippen MR) is 142 cm³/mol. The van der Waals surface area contributed by atoms with Gasteiger partial charge in [-0.05, 0) is 72.2 Å². The Balaban J connectivity index is 1.53. The zero-order valence-corrected chi connectivity index (χ0v) is 20.0. The van der Waals surface area contributed by atoms with Gasteiger partial charge in [0.2, 0.25) is 0 Å². The molecule has 1 unspecified atom stereocenters. The van der Waals surface area contributed by atoms with E-state index in [0.29, 0.717) is 0 Å². The minimum Gasteiger partial charge on any atom is -0.298 e. The lowest BCUT2D eigenvalue weighted by Crippen LogP contribution is -2.33. The molecule has 1 aliphatic rings. The lowest BCUT2D eigenvalue weighted by atomic mass is 10.0. The van der Waals surface area contributed by atoms with E-state index in [4.69, 9.17) is 0 Å². The first kappa shape index (κ1) is 22.9. The highest BCUT2D eigenvalue weighted by molar-refractivity contribution is 5.58. The van der Waals surface area contributed by atoms with Crippen molar-refractivity contribution in [1.82, 2.24) is 5.43 Å². The molecule has 1 N–H and O–H groups in total. The molecule has 1 heterocycles. The third-order valence-electron chi connectivity index (χ3n) is 6.29. The van der Waals surface area contributed by atoms with Crippen LogP contribution in [0, 0.1) is 0 Å². The Labute approximate surface area is 199 Å². The molecule has 3 aromatic carbocycles. The molecule has 170 valence electrons. The average molecular weight is 437 g/mol. The monoisotopic (exact) mass is 436 g/mol. The number of anilines is 1. The van der Waals surface area contributed by atoms with Crippen LogP contribution >= 0.6 is 0 Å². The molecular weight excluding hydrogens is 400 g/mol. The lowest BCUT2D eigenvalue weighted by Gasteiger charge is -2.27. The molecule has 0 spiro atoms. The van der Waals surface area contributed by atoms with Gasteiger partial charge in [-0.2, -0.15) is 0 Å². The van der Waals surface area contributed by atoms with Crippen molar-refractivity contribution in [2.75, 3.05) is 5.01 Å². The summed E-state index contributed by atoms with van der Waals surface area (Å²) >= 11 is 0. The van der Waals surface area contributed by atoms with Crippen molar-refractivity contribution in [2.45, 2.75) is 58.4 Å². The molecule has 0 aromatic heterocycles. The van der Waals surface area contributed by atoms with Gasteiger partial charge in [-0.25, -0.2) is 0 Å². The topological polar surface area (TPSA) is 15.3 Å². The summed E-state index contributed by atoms with van der Waals surface area (Å²) in [6, 6.07) is 28.8. The molecule has 2 heteroatoms. The van der Waals surface area contributed by atoms with Crippen LogP contribution in [-0.4, -0.2) is 0 Å². The van der Waals surface area contributed by atoms with Gasteiger partial charge in [0, 0.05) is 0 Å². The van der Waals surface area contributed by atoms with Crippen molar-refractivity contribution in [3.8, 4) is 0 Å². The molecule has 0 saturated heterocycles. The SMILES string of the molecule is CCCCc1ccc(C=CC2=CC(c3ccc(CCCC)cc3)N(c3ccccc3)N2)cc1. The van der Waals surface area contributed by atoms with Crippen molar-refractivity contribution >= 4 is 11.8 Å². The first-order valence-corrected chi connectivity index (χ1v) is 12.5. The van der Waals surface area contributed by atoms with Crippen LogP contribution in [0.2, 0.25) is 0 Å². The molecule has 0 aliphatic carbocycles. The summed E-state index contributed by atoms with van der Waals surface area (Å²) in [7, 11) is 0. The van der Waals surface area contributed by atoms with Crippen molar-refractivity contribution in [2.24, 2.45) is 0 Å². The molecule has 3 aromatic rings. The highest BCUT2D eigenvalue weighted by atomic mass is 15.5. The summed E-state index contributed by atoms with van der Waals surface area (Å²) in [5.41, 5.74) is 11.3. The van der Waals surface area contributed by atoms with Crippen molar-refractivity contribution in [3.63, 3.8) is 0 Å². The van der Waals surface area contributed by atoms with E-state index in [9.17, 15) is 0 Å². The van der Waals surface area contributed by atoms with E-state index in [1.54, 1.807) is 0 Å². The van der Waals surface area contributed by atoms with Gasteiger partial charge in [0.25, 0.3) is 0 Å². The van der Waals surface area contributed by atoms with Crippen molar-refractivity contribution < 1.29 is 0 Å². The van der Waals surface area contributed by atoms with Crippen LogP contribution in [-0.2, 0) is 12.8 Å². The van der Waals surface area contributed by atoms with Gasteiger partial charge in [-0.3, -0.25) is 10.4 Å². The normalized spacial score (nSPS) is 15.6. The summed E-state index contributed by atoms with van der Waals surface area (Å²) in [5.74, 6) is 0. The highest BCUT2D eigenvalue weighted by Gasteiger charge is 2.25. The number of hydrogen-bond donors (Lipinski definition) is 1. The first-order valence-electron chi connectivity index (χ1n) is 12.5. The maximum atomic E-state index is 3.62. The molecule has 0 amide bonds. The van der Waals surface area contributed by atoms with E-state index < -0.39 is 0 Å². The van der Waals surface area contributed by atoms with E-state index in [2.05, 4.69) is 121 Å². The number of unbranched alkanes of at least 4 members (excludes halogenated alkanes) is 2. The number of nitrogens with zero attached hydrogens (tertiary/aromatic N) is 1. The van der Waals surface area contributed by atoms with Gasteiger partial charge in [0.1, 0.15) is 0 Å². The van der Waals surface area contributed by atoms with Crippen LogP contribution in [0.1, 0.15) is 67.8 Å². The Morgan fingerprint density at radius 1 is 0.727 bits per heavy atom. The smallest absolute Gasteiger partial charge is 0.0958 e. The van der Waals surface area contributed by atoms with Crippen LogP contribution < -0.4 is 10.4 Å². The van der Waals surface area contributed by atoms with Crippen molar-refractivity contribution in [3.05, 3.63) is 119 Å². The summed E-state index contributed by atoms with van der Waals surface area (Å²) in [4.78, 5) is 0. The maximum Gasteiger partial charge on any atom is 0.0958 e. The van der Waals surface area contributed by atoms with Gasteiger partial charge < -0.3 is 0 Å². The summed E-state index contributed by atoms with van der Waals surface area (Å²) in [5, 5.41) is 2.26. The number of rotatable bonds is 10. The summed E-state index contributed by atoms with van der Waals surface area (Å²) in [6.45, 7) is 4.49. The maximum absolute atomic E-state index is 3.62. The average Bonchev–Trinajstić information content (AvgIpc) is 3.31. The van der Waals surface area contributed by atoms with E-state index >= 15 is 0 Å². The Morgan fingerprint density at radius 2 is 1.33 bits per heavy atom. The Kier molecular flexibility index (Phi) is 8.03. The molecule has 0 fully saturated rings. The predicted octanol–water partition coefficient (Wildman–Crippen LogP) is 8.04. The number of aryl methyl sites for hydroxylation is 2. The molecule has 0 bridgehead atoms. The van der Waals surface area contributed by atoms with Gasteiger partial charge in [-0.15, -0.1) is 0 Å². The quantitative estimate of drug-likeness (QED) is 0.346. The molecule has 4 rings (SSSR count). The lowest BCUT2D eigenvalue weighted by molar-refractivity contribution is 0.709. The van der Waals surface area contributed by atoms with E-state index in [0.717, 1.165) is 24.2 Å². The van der Waals surface area contributed by atoms with Gasteiger partial charge in [0.15, 0.2) is 0 Å². The van der Waals surface area contributed by atoms with Gasteiger partial charge >= 0.3 is 0 Å². The standard InChI is InChI=1S/C31H36N2/c1-3-5-10-25-14-16-27(17-15-25)20-23-29-24-31(33(32-29)30-12-8-7-9-13-30)28-21-18-26(19-22-28)11-6-4-2/h7-9,12-24,31-32H,3-6,10-11H2,1-2H3. The zero-order valence-electron chi connectivity index (χ0n) is 20.0. The Bertz CT molecular complexity index is 1050. The number of nitrogens with one attached hydrogen (secondary N) is 1.